The highest BCUT2D eigenvalue weighted by atomic mass is 32.2. The lowest BCUT2D eigenvalue weighted by atomic mass is 9.93. The first-order valence-electron chi connectivity index (χ1n) is 9.50. The summed E-state index contributed by atoms with van der Waals surface area (Å²) in [7, 11) is -4.27. The monoisotopic (exact) mass is 386 g/mol. The first-order valence-corrected chi connectivity index (χ1v) is 10.9. The van der Waals surface area contributed by atoms with Crippen molar-refractivity contribution in [3.8, 4) is 0 Å². The Hall–Kier alpha value is -1.91. The van der Waals surface area contributed by atoms with Crippen molar-refractivity contribution in [3.05, 3.63) is 64.2 Å². The topological polar surface area (TPSA) is 54.4 Å². The molecule has 3 nitrogen and oxygen atoms in total. The Labute approximate surface area is 163 Å². The molecule has 0 saturated carbocycles. The Balaban J connectivity index is 2.44. The highest BCUT2D eigenvalue weighted by molar-refractivity contribution is 7.85. The molecular weight excluding hydrogens is 356 g/mol. The van der Waals surface area contributed by atoms with Crippen molar-refractivity contribution < 1.29 is 13.0 Å². The van der Waals surface area contributed by atoms with Crippen molar-refractivity contribution in [3.63, 3.8) is 0 Å². The van der Waals surface area contributed by atoms with Gasteiger partial charge < -0.3 is 0 Å². The molecule has 0 unspecified atom stereocenters. The van der Waals surface area contributed by atoms with E-state index >= 15 is 0 Å². The molecule has 4 heteroatoms. The molecule has 0 amide bonds. The first-order chi connectivity index (χ1) is 12.6. The third kappa shape index (κ3) is 5.78. The van der Waals surface area contributed by atoms with Crippen LogP contribution in [0.15, 0.2) is 41.3 Å². The molecule has 0 aliphatic heterocycles. The minimum absolute atomic E-state index is 0.0477. The van der Waals surface area contributed by atoms with Gasteiger partial charge >= 0.3 is 0 Å². The summed E-state index contributed by atoms with van der Waals surface area (Å²) in [4.78, 5) is -0.0477. The number of aryl methyl sites for hydroxylation is 3. The fourth-order valence-corrected chi connectivity index (χ4v) is 3.99. The highest BCUT2D eigenvalue weighted by Crippen LogP contribution is 2.27. The Morgan fingerprint density at radius 3 is 2.44 bits per heavy atom. The van der Waals surface area contributed by atoms with E-state index < -0.39 is 10.1 Å². The summed E-state index contributed by atoms with van der Waals surface area (Å²) in [6, 6.07) is 11.6. The van der Waals surface area contributed by atoms with Crippen molar-refractivity contribution in [1.29, 1.82) is 0 Å². The van der Waals surface area contributed by atoms with Crippen molar-refractivity contribution in [2.24, 2.45) is 5.92 Å². The molecule has 0 saturated heterocycles. The number of benzene rings is 2. The van der Waals surface area contributed by atoms with Crippen LogP contribution in [0.25, 0.3) is 11.6 Å². The predicted octanol–water partition coefficient (Wildman–Crippen LogP) is 5.95. The molecule has 0 aliphatic rings. The van der Waals surface area contributed by atoms with E-state index in [0.717, 1.165) is 29.5 Å². The van der Waals surface area contributed by atoms with Crippen LogP contribution in [0.1, 0.15) is 61.9 Å². The number of allylic oxidation sites excluding steroid dienone is 1. The Kier molecular flexibility index (Phi) is 7.01. The fraction of sp³-hybridized carbons (Fsp3) is 0.391. The number of hydrogen-bond donors (Lipinski definition) is 1. The highest BCUT2D eigenvalue weighted by Gasteiger charge is 2.15. The normalized spacial score (nSPS) is 12.6. The van der Waals surface area contributed by atoms with Gasteiger partial charge in [0.1, 0.15) is 4.90 Å². The smallest absolute Gasteiger partial charge is 0.282 e. The van der Waals surface area contributed by atoms with Crippen molar-refractivity contribution >= 4 is 21.8 Å². The zero-order valence-electron chi connectivity index (χ0n) is 16.9. The minimum Gasteiger partial charge on any atom is -0.282 e. The second kappa shape index (κ2) is 8.85. The van der Waals surface area contributed by atoms with Crippen LogP contribution >= 0.6 is 0 Å². The first kappa shape index (κ1) is 21.4. The van der Waals surface area contributed by atoms with E-state index in [1.165, 1.54) is 23.6 Å². The van der Waals surface area contributed by atoms with Gasteiger partial charge in [0.15, 0.2) is 0 Å². The summed E-state index contributed by atoms with van der Waals surface area (Å²) in [5.74, 6) is 0.678. The lowest BCUT2D eigenvalue weighted by molar-refractivity contribution is 0.483. The zero-order valence-corrected chi connectivity index (χ0v) is 17.7. The van der Waals surface area contributed by atoms with E-state index in [1.54, 1.807) is 13.0 Å². The van der Waals surface area contributed by atoms with E-state index in [1.807, 2.05) is 19.1 Å². The molecule has 2 rings (SSSR count). The summed E-state index contributed by atoms with van der Waals surface area (Å²) in [6.07, 6.45) is 4.98. The van der Waals surface area contributed by atoms with Gasteiger partial charge in [-0.3, -0.25) is 4.55 Å². The second-order valence-electron chi connectivity index (χ2n) is 7.62. The third-order valence-electron chi connectivity index (χ3n) is 4.80. The summed E-state index contributed by atoms with van der Waals surface area (Å²) in [6.45, 7) is 10.4. The van der Waals surface area contributed by atoms with Crippen LogP contribution in [-0.4, -0.2) is 13.0 Å². The van der Waals surface area contributed by atoms with Crippen LogP contribution < -0.4 is 0 Å². The van der Waals surface area contributed by atoms with Gasteiger partial charge in [-0.25, -0.2) is 0 Å². The van der Waals surface area contributed by atoms with E-state index in [0.29, 0.717) is 11.5 Å². The maximum atomic E-state index is 11.7. The molecule has 146 valence electrons. The van der Waals surface area contributed by atoms with E-state index in [2.05, 4.69) is 39.0 Å². The molecule has 0 heterocycles. The Morgan fingerprint density at radius 1 is 1.15 bits per heavy atom. The fourth-order valence-electron chi connectivity index (χ4n) is 3.23. The van der Waals surface area contributed by atoms with Gasteiger partial charge in [-0.05, 0) is 78.5 Å². The molecule has 0 radical (unpaired) electrons. The minimum atomic E-state index is -4.27. The van der Waals surface area contributed by atoms with Gasteiger partial charge in [-0.2, -0.15) is 8.42 Å². The van der Waals surface area contributed by atoms with Crippen LogP contribution in [0, 0.1) is 12.8 Å². The standard InChI is InChI=1S/C23H30O3S/c1-6-20-15-19(9-7-16(2)3)10-12-22(20)18(5)14-21-11-8-17(4)13-23(21)27(24,25)26/h8,10-16H,6-7,9H2,1-5H3,(H,24,25,26). The van der Waals surface area contributed by atoms with Gasteiger partial charge in [0.2, 0.25) is 0 Å². The molecule has 27 heavy (non-hydrogen) atoms. The predicted molar refractivity (Wildman–Crippen MR) is 114 cm³/mol. The van der Waals surface area contributed by atoms with Gasteiger partial charge in [0, 0.05) is 0 Å². The molecule has 0 atom stereocenters. The molecule has 0 spiro atoms. The quantitative estimate of drug-likeness (QED) is 0.472. The van der Waals surface area contributed by atoms with Gasteiger partial charge in [0.05, 0.1) is 0 Å². The Bertz CT molecular complexity index is 938. The average Bonchev–Trinajstić information content (AvgIpc) is 2.60. The Morgan fingerprint density at radius 2 is 1.85 bits per heavy atom. The van der Waals surface area contributed by atoms with Crippen LogP contribution in [0.4, 0.5) is 0 Å². The van der Waals surface area contributed by atoms with E-state index in [-0.39, 0.29) is 4.90 Å². The number of rotatable bonds is 7. The largest absolute Gasteiger partial charge is 0.295 e. The SMILES string of the molecule is CCc1cc(CCC(C)C)ccc1C(C)=Cc1ccc(C)cc1S(=O)(=O)O. The van der Waals surface area contributed by atoms with Crippen molar-refractivity contribution in [1.82, 2.24) is 0 Å². The van der Waals surface area contributed by atoms with E-state index in [4.69, 9.17) is 0 Å². The zero-order chi connectivity index (χ0) is 20.2. The molecule has 2 aromatic carbocycles. The third-order valence-corrected chi connectivity index (χ3v) is 5.71. The maximum Gasteiger partial charge on any atom is 0.295 e. The van der Waals surface area contributed by atoms with Gasteiger partial charge in [0.25, 0.3) is 10.1 Å². The van der Waals surface area contributed by atoms with Crippen LogP contribution in [-0.2, 0) is 23.0 Å². The van der Waals surface area contributed by atoms with Crippen molar-refractivity contribution in [2.45, 2.75) is 58.8 Å². The molecule has 1 N–H and O–H groups in total. The maximum absolute atomic E-state index is 11.7. The lowest BCUT2D eigenvalue weighted by Crippen LogP contribution is -2.02. The average molecular weight is 387 g/mol. The van der Waals surface area contributed by atoms with Crippen molar-refractivity contribution in [2.75, 3.05) is 0 Å². The van der Waals surface area contributed by atoms with Gasteiger partial charge in [-0.1, -0.05) is 57.2 Å². The lowest BCUT2D eigenvalue weighted by Gasteiger charge is -2.13. The molecule has 0 bridgehead atoms. The molecule has 0 fully saturated rings. The summed E-state index contributed by atoms with van der Waals surface area (Å²) in [5.41, 5.74) is 5.99. The molecule has 2 aromatic rings. The summed E-state index contributed by atoms with van der Waals surface area (Å²) >= 11 is 0. The molecule has 0 aromatic heterocycles. The summed E-state index contributed by atoms with van der Waals surface area (Å²) < 4.78 is 33.1. The molecular formula is C23H30O3S. The van der Waals surface area contributed by atoms with E-state index in [9.17, 15) is 13.0 Å². The number of hydrogen-bond acceptors (Lipinski definition) is 2. The van der Waals surface area contributed by atoms with Crippen LogP contribution in [0.3, 0.4) is 0 Å². The van der Waals surface area contributed by atoms with Crippen LogP contribution in [0.2, 0.25) is 0 Å². The summed E-state index contributed by atoms with van der Waals surface area (Å²) in [5, 5.41) is 0. The molecule has 0 aliphatic carbocycles. The van der Waals surface area contributed by atoms with Gasteiger partial charge in [-0.15, -0.1) is 0 Å². The van der Waals surface area contributed by atoms with Crippen LogP contribution in [0.5, 0.6) is 0 Å². The second-order valence-corrected chi connectivity index (χ2v) is 9.01.